The van der Waals surface area contributed by atoms with Gasteiger partial charge >= 0.3 is 0 Å². The van der Waals surface area contributed by atoms with Crippen LogP contribution in [0.2, 0.25) is 0 Å². The minimum absolute atomic E-state index is 0.0785. The van der Waals surface area contributed by atoms with E-state index in [1.165, 1.54) is 5.56 Å². The molecule has 0 amide bonds. The number of ether oxygens (including phenoxy) is 2. The van der Waals surface area contributed by atoms with Gasteiger partial charge in [-0.25, -0.2) is 0 Å². The summed E-state index contributed by atoms with van der Waals surface area (Å²) in [6.45, 7) is 0.533. The average Bonchev–Trinajstić information content (AvgIpc) is 2.28. The summed E-state index contributed by atoms with van der Waals surface area (Å²) >= 11 is 2.25. The molecule has 1 aromatic rings. The second-order valence-corrected chi connectivity index (χ2v) is 4.43. The molecule has 0 saturated carbocycles. The summed E-state index contributed by atoms with van der Waals surface area (Å²) in [6, 6.07) is 6.15. The number of rotatable bonds is 5. The van der Waals surface area contributed by atoms with Crippen molar-refractivity contribution in [1.82, 2.24) is 0 Å². The molecule has 84 valence electrons. The van der Waals surface area contributed by atoms with E-state index in [9.17, 15) is 0 Å². The number of halogens is 1. The molecule has 4 heteroatoms. The molecule has 0 aliphatic carbocycles. The molecule has 2 N–H and O–H groups in total. The van der Waals surface area contributed by atoms with E-state index in [2.05, 4.69) is 28.7 Å². The van der Waals surface area contributed by atoms with Crippen molar-refractivity contribution in [2.75, 3.05) is 20.8 Å². The Morgan fingerprint density at radius 2 is 2.13 bits per heavy atom. The van der Waals surface area contributed by atoms with Gasteiger partial charge in [0.25, 0.3) is 0 Å². The fourth-order valence-electron chi connectivity index (χ4n) is 1.36. The normalized spacial score (nSPS) is 12.5. The van der Waals surface area contributed by atoms with Crippen molar-refractivity contribution >= 4 is 22.6 Å². The van der Waals surface area contributed by atoms with Crippen LogP contribution >= 0.6 is 22.6 Å². The number of methoxy groups -OCH3 is 2. The topological polar surface area (TPSA) is 44.5 Å². The van der Waals surface area contributed by atoms with Crippen LogP contribution in [0.5, 0.6) is 5.75 Å². The standard InChI is InChI=1S/C11H16INO2/c1-14-9(7-13)5-8-3-4-10(12)11(6-8)15-2/h3-4,6,9H,5,7,13H2,1-2H3. The van der Waals surface area contributed by atoms with Crippen molar-refractivity contribution in [2.45, 2.75) is 12.5 Å². The van der Waals surface area contributed by atoms with E-state index in [-0.39, 0.29) is 6.10 Å². The Morgan fingerprint density at radius 1 is 1.40 bits per heavy atom. The second kappa shape index (κ2) is 6.30. The molecule has 0 aliphatic heterocycles. The maximum absolute atomic E-state index is 5.57. The predicted octanol–water partition coefficient (Wildman–Crippen LogP) is 1.82. The van der Waals surface area contributed by atoms with Crippen molar-refractivity contribution in [3.8, 4) is 5.75 Å². The smallest absolute Gasteiger partial charge is 0.132 e. The molecule has 0 heterocycles. The molecule has 0 saturated heterocycles. The van der Waals surface area contributed by atoms with Crippen LogP contribution in [0.1, 0.15) is 5.56 Å². The van der Waals surface area contributed by atoms with E-state index in [1.807, 2.05) is 12.1 Å². The van der Waals surface area contributed by atoms with E-state index < -0.39 is 0 Å². The summed E-state index contributed by atoms with van der Waals surface area (Å²) < 4.78 is 11.6. The van der Waals surface area contributed by atoms with Gasteiger partial charge in [0.2, 0.25) is 0 Å². The van der Waals surface area contributed by atoms with Gasteiger partial charge in [-0.1, -0.05) is 6.07 Å². The summed E-state index contributed by atoms with van der Waals surface area (Å²) in [4.78, 5) is 0. The van der Waals surface area contributed by atoms with Gasteiger partial charge in [0.05, 0.1) is 16.8 Å². The number of nitrogens with two attached hydrogens (primary N) is 1. The third kappa shape index (κ3) is 3.62. The molecule has 0 bridgehead atoms. The van der Waals surface area contributed by atoms with Crippen LogP contribution in [0.15, 0.2) is 18.2 Å². The van der Waals surface area contributed by atoms with Crippen LogP contribution < -0.4 is 10.5 Å². The lowest BCUT2D eigenvalue weighted by Crippen LogP contribution is -2.24. The predicted molar refractivity (Wildman–Crippen MR) is 69.3 cm³/mol. The molecule has 3 nitrogen and oxygen atoms in total. The summed E-state index contributed by atoms with van der Waals surface area (Å²) in [7, 11) is 3.36. The zero-order chi connectivity index (χ0) is 11.3. The Morgan fingerprint density at radius 3 is 2.67 bits per heavy atom. The zero-order valence-electron chi connectivity index (χ0n) is 9.00. The van der Waals surface area contributed by atoms with Crippen LogP contribution in [0.25, 0.3) is 0 Å². The van der Waals surface area contributed by atoms with Crippen molar-refractivity contribution in [3.05, 3.63) is 27.3 Å². The largest absolute Gasteiger partial charge is 0.496 e. The first-order valence-electron chi connectivity index (χ1n) is 4.76. The summed E-state index contributed by atoms with van der Waals surface area (Å²) in [5.41, 5.74) is 6.76. The zero-order valence-corrected chi connectivity index (χ0v) is 11.2. The minimum atomic E-state index is 0.0785. The van der Waals surface area contributed by atoms with E-state index in [0.717, 1.165) is 15.7 Å². The molecular formula is C11H16INO2. The first kappa shape index (κ1) is 12.7. The molecule has 0 spiro atoms. The number of hydrogen-bond donors (Lipinski definition) is 1. The molecule has 1 atom stereocenters. The van der Waals surface area contributed by atoms with E-state index in [1.54, 1.807) is 14.2 Å². The highest BCUT2D eigenvalue weighted by atomic mass is 127. The first-order valence-corrected chi connectivity index (χ1v) is 5.84. The molecule has 1 unspecified atom stereocenters. The van der Waals surface area contributed by atoms with Crippen molar-refractivity contribution in [3.63, 3.8) is 0 Å². The van der Waals surface area contributed by atoms with Gasteiger partial charge in [0, 0.05) is 13.7 Å². The second-order valence-electron chi connectivity index (χ2n) is 3.27. The fourth-order valence-corrected chi connectivity index (χ4v) is 1.91. The third-order valence-corrected chi connectivity index (χ3v) is 3.17. The first-order chi connectivity index (χ1) is 7.21. The average molecular weight is 321 g/mol. The highest BCUT2D eigenvalue weighted by Gasteiger charge is 2.08. The Hall–Kier alpha value is -0.330. The Balaban J connectivity index is 2.77. The maximum atomic E-state index is 5.57. The van der Waals surface area contributed by atoms with Crippen molar-refractivity contribution < 1.29 is 9.47 Å². The van der Waals surface area contributed by atoms with Gasteiger partial charge in [-0.05, 0) is 46.7 Å². The lowest BCUT2D eigenvalue weighted by atomic mass is 10.1. The maximum Gasteiger partial charge on any atom is 0.132 e. The van der Waals surface area contributed by atoms with Gasteiger partial charge in [-0.2, -0.15) is 0 Å². The Labute approximate surface area is 104 Å². The van der Waals surface area contributed by atoms with Crippen molar-refractivity contribution in [2.24, 2.45) is 5.73 Å². The van der Waals surface area contributed by atoms with E-state index in [4.69, 9.17) is 15.2 Å². The quantitative estimate of drug-likeness (QED) is 0.842. The summed E-state index contributed by atoms with van der Waals surface area (Å²) in [5.74, 6) is 0.903. The van der Waals surface area contributed by atoms with Crippen LogP contribution in [0.3, 0.4) is 0 Å². The Kier molecular flexibility index (Phi) is 5.35. The highest BCUT2D eigenvalue weighted by Crippen LogP contribution is 2.22. The van der Waals surface area contributed by atoms with Gasteiger partial charge in [-0.3, -0.25) is 0 Å². The van der Waals surface area contributed by atoms with E-state index in [0.29, 0.717) is 6.54 Å². The molecule has 1 aromatic carbocycles. The molecular weight excluding hydrogens is 305 g/mol. The fraction of sp³-hybridized carbons (Fsp3) is 0.455. The SMILES string of the molecule is COc1cc(CC(CN)OC)ccc1I. The molecule has 15 heavy (non-hydrogen) atoms. The minimum Gasteiger partial charge on any atom is -0.496 e. The highest BCUT2D eigenvalue weighted by molar-refractivity contribution is 14.1. The van der Waals surface area contributed by atoms with Crippen molar-refractivity contribution in [1.29, 1.82) is 0 Å². The molecule has 0 aliphatic rings. The third-order valence-electron chi connectivity index (χ3n) is 2.28. The monoisotopic (exact) mass is 321 g/mol. The molecule has 0 aromatic heterocycles. The van der Waals surface area contributed by atoms with Gasteiger partial charge in [-0.15, -0.1) is 0 Å². The summed E-state index contributed by atoms with van der Waals surface area (Å²) in [6.07, 6.45) is 0.898. The van der Waals surface area contributed by atoms with Crippen LogP contribution in [0.4, 0.5) is 0 Å². The van der Waals surface area contributed by atoms with E-state index >= 15 is 0 Å². The lowest BCUT2D eigenvalue weighted by molar-refractivity contribution is 0.110. The van der Waals surface area contributed by atoms with Crippen LogP contribution in [-0.4, -0.2) is 26.9 Å². The number of benzene rings is 1. The molecule has 0 fully saturated rings. The molecule has 1 rings (SSSR count). The van der Waals surface area contributed by atoms with Gasteiger partial charge in [0.1, 0.15) is 5.75 Å². The summed E-state index contributed by atoms with van der Waals surface area (Å²) in [5, 5.41) is 0. The van der Waals surface area contributed by atoms with Crippen LogP contribution in [0, 0.1) is 3.57 Å². The lowest BCUT2D eigenvalue weighted by Gasteiger charge is -2.13. The van der Waals surface area contributed by atoms with Gasteiger partial charge in [0.15, 0.2) is 0 Å². The van der Waals surface area contributed by atoms with Crippen LogP contribution in [-0.2, 0) is 11.2 Å². The molecule has 0 radical (unpaired) electrons. The number of hydrogen-bond acceptors (Lipinski definition) is 3. The van der Waals surface area contributed by atoms with Gasteiger partial charge < -0.3 is 15.2 Å². The Bertz CT molecular complexity index is 313.